The number of sulfonamides is 1. The highest BCUT2D eigenvalue weighted by atomic mass is 32.2. The first-order valence-corrected chi connectivity index (χ1v) is 11.8. The Kier molecular flexibility index (Phi) is 7.32. The highest BCUT2D eigenvalue weighted by Crippen LogP contribution is 2.31. The molecule has 1 heterocycles. The van der Waals surface area contributed by atoms with Crippen LogP contribution in [-0.4, -0.2) is 41.1 Å². The number of esters is 1. The van der Waals surface area contributed by atoms with Crippen LogP contribution in [0.3, 0.4) is 0 Å². The first-order chi connectivity index (χ1) is 15.8. The van der Waals surface area contributed by atoms with E-state index in [4.69, 9.17) is 14.7 Å². The van der Waals surface area contributed by atoms with Crippen LogP contribution in [0, 0.1) is 11.3 Å². The summed E-state index contributed by atoms with van der Waals surface area (Å²) in [7, 11) is -1.07. The van der Waals surface area contributed by atoms with Gasteiger partial charge in [0.25, 0.3) is 15.9 Å². The van der Waals surface area contributed by atoms with E-state index in [1.54, 1.807) is 35.7 Å². The van der Waals surface area contributed by atoms with Crippen LogP contribution in [0.2, 0.25) is 0 Å². The topological polar surface area (TPSA) is 126 Å². The lowest BCUT2D eigenvalue weighted by Gasteiger charge is -2.21. The minimum Gasteiger partial charge on any atom is -0.495 e. The molecule has 2 aromatic carbocycles. The fraction of sp³-hybridized carbons (Fsp3) is 0.136. The number of nitrogens with zero attached hydrogens (tertiary/aromatic N) is 2. The van der Waals surface area contributed by atoms with Crippen LogP contribution in [0.15, 0.2) is 64.9 Å². The zero-order valence-electron chi connectivity index (χ0n) is 17.6. The van der Waals surface area contributed by atoms with Crippen LogP contribution < -0.4 is 14.4 Å². The maximum atomic E-state index is 13.0. The number of ether oxygens (including phenoxy) is 2. The molecule has 0 saturated carbocycles. The van der Waals surface area contributed by atoms with Gasteiger partial charge in [0.2, 0.25) is 0 Å². The average Bonchev–Trinajstić information content (AvgIpc) is 3.29. The number of nitriles is 1. The van der Waals surface area contributed by atoms with Crippen molar-refractivity contribution in [2.24, 2.45) is 0 Å². The van der Waals surface area contributed by atoms with Crippen LogP contribution in [-0.2, 0) is 19.6 Å². The number of benzene rings is 2. The molecule has 11 heteroatoms. The van der Waals surface area contributed by atoms with Gasteiger partial charge < -0.3 is 14.8 Å². The Hall–Kier alpha value is -3.88. The largest absolute Gasteiger partial charge is 0.495 e. The lowest BCUT2D eigenvalue weighted by Crippen LogP contribution is -2.27. The second-order valence-corrected chi connectivity index (χ2v) is 9.45. The predicted molar refractivity (Wildman–Crippen MR) is 123 cm³/mol. The van der Waals surface area contributed by atoms with E-state index in [2.05, 4.69) is 5.32 Å². The van der Waals surface area contributed by atoms with Gasteiger partial charge in [0.15, 0.2) is 6.61 Å². The molecule has 0 aliphatic heterocycles. The normalized spacial score (nSPS) is 10.7. The maximum Gasteiger partial charge on any atom is 0.338 e. The van der Waals surface area contributed by atoms with Gasteiger partial charge in [-0.05, 0) is 47.8 Å². The molecule has 3 rings (SSSR count). The molecule has 33 heavy (non-hydrogen) atoms. The summed E-state index contributed by atoms with van der Waals surface area (Å²) >= 11 is 1.18. The van der Waals surface area contributed by atoms with E-state index in [1.807, 2.05) is 6.07 Å². The Labute approximate surface area is 194 Å². The van der Waals surface area contributed by atoms with E-state index in [0.29, 0.717) is 22.0 Å². The molecule has 3 aromatic rings. The van der Waals surface area contributed by atoms with E-state index in [0.717, 1.165) is 4.31 Å². The quantitative estimate of drug-likeness (QED) is 0.485. The van der Waals surface area contributed by atoms with Crippen LogP contribution in [0.4, 0.5) is 10.7 Å². The van der Waals surface area contributed by atoms with Crippen molar-refractivity contribution in [2.45, 2.75) is 4.90 Å². The van der Waals surface area contributed by atoms with E-state index < -0.39 is 28.5 Å². The molecule has 9 nitrogen and oxygen atoms in total. The lowest BCUT2D eigenvalue weighted by atomic mass is 10.2. The van der Waals surface area contributed by atoms with Gasteiger partial charge in [-0.2, -0.15) is 5.26 Å². The Morgan fingerprint density at radius 1 is 1.12 bits per heavy atom. The van der Waals surface area contributed by atoms with E-state index in [1.165, 1.54) is 49.8 Å². The van der Waals surface area contributed by atoms with Gasteiger partial charge in [0, 0.05) is 7.05 Å². The van der Waals surface area contributed by atoms with Gasteiger partial charge in [-0.1, -0.05) is 12.1 Å². The third kappa shape index (κ3) is 5.31. The second-order valence-electron chi connectivity index (χ2n) is 6.57. The zero-order chi connectivity index (χ0) is 24.0. The summed E-state index contributed by atoms with van der Waals surface area (Å²) in [6, 6.07) is 15.4. The summed E-state index contributed by atoms with van der Waals surface area (Å²) in [5.74, 6) is -0.995. The molecular weight excluding hydrogens is 466 g/mol. The molecule has 0 spiro atoms. The molecule has 0 bridgehead atoms. The summed E-state index contributed by atoms with van der Waals surface area (Å²) in [5, 5.41) is 13.5. The average molecular weight is 486 g/mol. The lowest BCUT2D eigenvalue weighted by molar-refractivity contribution is -0.119. The molecule has 0 aliphatic carbocycles. The van der Waals surface area contributed by atoms with Crippen molar-refractivity contribution >= 4 is 43.9 Å². The number of methoxy groups -OCH3 is 1. The fourth-order valence-electron chi connectivity index (χ4n) is 2.81. The van der Waals surface area contributed by atoms with Gasteiger partial charge in [-0.25, -0.2) is 13.2 Å². The minimum atomic E-state index is -3.92. The van der Waals surface area contributed by atoms with Crippen molar-refractivity contribution in [3.63, 3.8) is 0 Å². The smallest absolute Gasteiger partial charge is 0.338 e. The third-order valence-electron chi connectivity index (χ3n) is 4.55. The maximum absolute atomic E-state index is 13.0. The summed E-state index contributed by atoms with van der Waals surface area (Å²) in [6.45, 7) is -0.557. The number of anilines is 2. The second kappa shape index (κ2) is 10.2. The van der Waals surface area contributed by atoms with Crippen molar-refractivity contribution in [2.75, 3.05) is 30.4 Å². The van der Waals surface area contributed by atoms with Crippen LogP contribution in [0.25, 0.3) is 0 Å². The molecule has 1 aromatic heterocycles. The van der Waals surface area contributed by atoms with Crippen LogP contribution >= 0.6 is 11.3 Å². The SMILES string of the molecule is COc1ccccc1N(C)S(=O)(=O)c1ccc(C(=O)OCC(=O)Nc2sccc2C#N)cc1. The molecule has 1 N–H and O–H groups in total. The standard InChI is InChI=1S/C22H19N3O6S2/c1-25(18-5-3-4-6-19(18)30-2)33(28,29)17-9-7-15(8-10-17)22(27)31-14-20(26)24-21-16(13-23)11-12-32-21/h3-12H,14H2,1-2H3,(H,24,26). The minimum absolute atomic E-state index is 0.0353. The Morgan fingerprint density at radius 3 is 2.48 bits per heavy atom. The number of amides is 1. The van der Waals surface area contributed by atoms with Crippen molar-refractivity contribution < 1.29 is 27.5 Å². The Bertz CT molecular complexity index is 1310. The van der Waals surface area contributed by atoms with Crippen LogP contribution in [0.5, 0.6) is 5.75 Å². The number of rotatable bonds is 8. The Morgan fingerprint density at radius 2 is 1.82 bits per heavy atom. The molecule has 170 valence electrons. The van der Waals surface area contributed by atoms with Crippen molar-refractivity contribution in [1.29, 1.82) is 5.26 Å². The third-order valence-corrected chi connectivity index (χ3v) is 7.16. The van der Waals surface area contributed by atoms with Gasteiger partial charge in [0.1, 0.15) is 16.8 Å². The molecule has 0 saturated heterocycles. The summed E-state index contributed by atoms with van der Waals surface area (Å²) < 4.78 is 37.3. The molecular formula is C22H19N3O6S2. The number of nitrogens with one attached hydrogen (secondary N) is 1. The number of carbonyl (C=O) groups is 2. The number of thiophene rings is 1. The van der Waals surface area contributed by atoms with Gasteiger partial charge in [-0.3, -0.25) is 9.10 Å². The van der Waals surface area contributed by atoms with Crippen LogP contribution in [0.1, 0.15) is 15.9 Å². The van der Waals surface area contributed by atoms with Crippen molar-refractivity contribution in [3.05, 3.63) is 71.1 Å². The molecule has 0 unspecified atom stereocenters. The first-order valence-electron chi connectivity index (χ1n) is 9.44. The Balaban J connectivity index is 1.66. The molecule has 1 amide bonds. The molecule has 0 radical (unpaired) electrons. The van der Waals surface area contributed by atoms with E-state index >= 15 is 0 Å². The molecule has 0 aliphatic rings. The van der Waals surface area contributed by atoms with Crippen molar-refractivity contribution in [3.8, 4) is 11.8 Å². The summed E-state index contributed by atoms with van der Waals surface area (Å²) in [4.78, 5) is 24.2. The molecule has 0 atom stereocenters. The van der Waals surface area contributed by atoms with E-state index in [-0.39, 0.29) is 10.5 Å². The number of para-hydroxylation sites is 2. The monoisotopic (exact) mass is 485 g/mol. The zero-order valence-corrected chi connectivity index (χ0v) is 19.3. The highest BCUT2D eigenvalue weighted by molar-refractivity contribution is 7.92. The summed E-state index contributed by atoms with van der Waals surface area (Å²) in [6.07, 6.45) is 0. The number of hydrogen-bond donors (Lipinski definition) is 1. The van der Waals surface area contributed by atoms with E-state index in [9.17, 15) is 18.0 Å². The molecule has 0 fully saturated rings. The number of carbonyl (C=O) groups excluding carboxylic acids is 2. The van der Waals surface area contributed by atoms with Gasteiger partial charge in [-0.15, -0.1) is 11.3 Å². The fourth-order valence-corrected chi connectivity index (χ4v) is 4.77. The van der Waals surface area contributed by atoms with Gasteiger partial charge >= 0.3 is 5.97 Å². The first kappa shape index (κ1) is 23.8. The van der Waals surface area contributed by atoms with Gasteiger partial charge in [0.05, 0.1) is 28.8 Å². The summed E-state index contributed by atoms with van der Waals surface area (Å²) in [5.41, 5.74) is 0.755. The van der Waals surface area contributed by atoms with Crippen molar-refractivity contribution in [1.82, 2.24) is 0 Å². The highest BCUT2D eigenvalue weighted by Gasteiger charge is 2.24. The number of hydrogen-bond acceptors (Lipinski definition) is 8. The predicted octanol–water partition coefficient (Wildman–Crippen LogP) is 3.25.